The van der Waals surface area contributed by atoms with Crippen LogP contribution in [0.3, 0.4) is 0 Å². The maximum atomic E-state index is 5.46. The van der Waals surface area contributed by atoms with Gasteiger partial charge in [0.2, 0.25) is 0 Å². The zero-order valence-electron chi connectivity index (χ0n) is 8.41. The Morgan fingerprint density at radius 3 is 2.08 bits per heavy atom. The molecular formula is C8H19NO3Si. The third-order valence-electron chi connectivity index (χ3n) is 1.36. The van der Waals surface area contributed by atoms with Crippen molar-refractivity contribution in [3.8, 4) is 0 Å². The minimum Gasteiger partial charge on any atom is -0.371 e. The lowest BCUT2D eigenvalue weighted by atomic mass is 10.8. The smallest absolute Gasteiger partial charge is 0.371 e. The first kappa shape index (κ1) is 12.8. The van der Waals surface area contributed by atoms with Crippen molar-refractivity contribution in [3.05, 3.63) is 12.3 Å². The minimum atomic E-state index is -2.61. The summed E-state index contributed by atoms with van der Waals surface area (Å²) in [5, 5.41) is 0. The van der Waals surface area contributed by atoms with Gasteiger partial charge in [-0.05, 0) is 19.5 Å². The fourth-order valence-corrected chi connectivity index (χ4v) is 2.72. The molecule has 0 spiro atoms. The molecule has 78 valence electrons. The Hall–Kier alpha value is -0.203. The summed E-state index contributed by atoms with van der Waals surface area (Å²) in [6, 6.07) is 0. The van der Waals surface area contributed by atoms with E-state index in [-0.39, 0.29) is 0 Å². The maximum Gasteiger partial charge on any atom is 0.529 e. The van der Waals surface area contributed by atoms with Crippen LogP contribution in [0.2, 0.25) is 0 Å². The van der Waals surface area contributed by atoms with Crippen LogP contribution in [0.5, 0.6) is 0 Å². The van der Waals surface area contributed by atoms with Crippen LogP contribution in [0.1, 0.15) is 13.8 Å². The quantitative estimate of drug-likeness (QED) is 0.593. The third-order valence-corrected chi connectivity index (χ3v) is 3.85. The van der Waals surface area contributed by atoms with Crippen LogP contribution in [0.25, 0.3) is 0 Å². The highest BCUT2D eigenvalue weighted by molar-refractivity contribution is 6.66. The second-order valence-electron chi connectivity index (χ2n) is 2.31. The van der Waals surface area contributed by atoms with Crippen LogP contribution in [-0.2, 0) is 13.3 Å². The van der Waals surface area contributed by atoms with Crippen molar-refractivity contribution in [3.63, 3.8) is 0 Å². The Bertz CT molecular complexity index is 137. The molecular weight excluding hydrogens is 186 g/mol. The Morgan fingerprint density at radius 2 is 1.77 bits per heavy atom. The number of hydrogen-bond acceptors (Lipinski definition) is 4. The summed E-state index contributed by atoms with van der Waals surface area (Å²) in [4.78, 5) is 0. The summed E-state index contributed by atoms with van der Waals surface area (Å²) < 4.78 is 16.3. The summed E-state index contributed by atoms with van der Waals surface area (Å²) in [5.74, 6) is 0. The zero-order valence-corrected chi connectivity index (χ0v) is 9.41. The van der Waals surface area contributed by atoms with E-state index < -0.39 is 8.80 Å². The van der Waals surface area contributed by atoms with Crippen molar-refractivity contribution >= 4 is 8.80 Å². The van der Waals surface area contributed by atoms with E-state index in [1.807, 2.05) is 13.8 Å². The van der Waals surface area contributed by atoms with Gasteiger partial charge in [0.05, 0.1) is 6.61 Å². The Morgan fingerprint density at radius 1 is 1.23 bits per heavy atom. The maximum absolute atomic E-state index is 5.46. The predicted octanol–water partition coefficient (Wildman–Crippen LogP) is 0.699. The highest BCUT2D eigenvalue weighted by Gasteiger charge is 2.36. The SMILES string of the molecule is C=C[Si](OCC)(OCC)OCCN. The van der Waals surface area contributed by atoms with Gasteiger partial charge in [-0.1, -0.05) is 6.58 Å². The molecule has 0 amide bonds. The van der Waals surface area contributed by atoms with Crippen molar-refractivity contribution in [1.29, 1.82) is 0 Å². The fraction of sp³-hybridized carbons (Fsp3) is 0.750. The molecule has 0 heterocycles. The van der Waals surface area contributed by atoms with Gasteiger partial charge in [-0.2, -0.15) is 0 Å². The number of nitrogens with two attached hydrogens (primary N) is 1. The van der Waals surface area contributed by atoms with Crippen LogP contribution in [0, 0.1) is 0 Å². The number of rotatable bonds is 8. The van der Waals surface area contributed by atoms with E-state index in [1.54, 1.807) is 5.70 Å². The van der Waals surface area contributed by atoms with E-state index >= 15 is 0 Å². The van der Waals surface area contributed by atoms with Crippen molar-refractivity contribution in [2.45, 2.75) is 13.8 Å². The molecule has 0 aliphatic carbocycles. The van der Waals surface area contributed by atoms with Gasteiger partial charge in [0, 0.05) is 19.8 Å². The van der Waals surface area contributed by atoms with E-state index in [2.05, 4.69) is 6.58 Å². The molecule has 0 saturated carbocycles. The van der Waals surface area contributed by atoms with E-state index in [0.29, 0.717) is 26.4 Å². The van der Waals surface area contributed by atoms with E-state index in [1.165, 1.54) is 0 Å². The minimum absolute atomic E-state index is 0.443. The highest BCUT2D eigenvalue weighted by atomic mass is 28.4. The molecule has 0 rings (SSSR count). The van der Waals surface area contributed by atoms with Crippen LogP contribution >= 0.6 is 0 Å². The van der Waals surface area contributed by atoms with Crippen LogP contribution in [-0.4, -0.2) is 35.2 Å². The molecule has 13 heavy (non-hydrogen) atoms. The first-order chi connectivity index (χ1) is 6.24. The molecule has 0 aromatic heterocycles. The van der Waals surface area contributed by atoms with Gasteiger partial charge in [-0.3, -0.25) is 0 Å². The van der Waals surface area contributed by atoms with Gasteiger partial charge in [-0.25, -0.2) is 0 Å². The Kier molecular flexibility index (Phi) is 7.11. The number of hydrogen-bond donors (Lipinski definition) is 1. The van der Waals surface area contributed by atoms with Gasteiger partial charge < -0.3 is 19.0 Å². The van der Waals surface area contributed by atoms with Crippen LogP contribution in [0.15, 0.2) is 12.3 Å². The molecule has 4 nitrogen and oxygen atoms in total. The van der Waals surface area contributed by atoms with Gasteiger partial charge in [0.25, 0.3) is 0 Å². The van der Waals surface area contributed by atoms with Crippen LogP contribution < -0.4 is 5.73 Å². The van der Waals surface area contributed by atoms with Crippen molar-refractivity contribution in [1.82, 2.24) is 0 Å². The fourth-order valence-electron chi connectivity index (χ4n) is 0.905. The van der Waals surface area contributed by atoms with Crippen molar-refractivity contribution < 1.29 is 13.3 Å². The molecule has 0 saturated heterocycles. The predicted molar refractivity (Wildman–Crippen MR) is 54.2 cm³/mol. The van der Waals surface area contributed by atoms with Crippen LogP contribution in [0.4, 0.5) is 0 Å². The molecule has 0 fully saturated rings. The van der Waals surface area contributed by atoms with E-state index in [0.717, 1.165) is 0 Å². The summed E-state index contributed by atoms with van der Waals surface area (Å²) in [6.07, 6.45) is 0. The normalized spacial score (nSPS) is 11.6. The first-order valence-electron chi connectivity index (χ1n) is 4.50. The average Bonchev–Trinajstić information content (AvgIpc) is 2.15. The Balaban J connectivity index is 4.16. The summed E-state index contributed by atoms with van der Waals surface area (Å²) in [7, 11) is -2.61. The largest absolute Gasteiger partial charge is 0.529 e. The topological polar surface area (TPSA) is 53.7 Å². The molecule has 5 heteroatoms. The molecule has 0 bridgehead atoms. The summed E-state index contributed by atoms with van der Waals surface area (Å²) >= 11 is 0. The molecule has 0 aromatic carbocycles. The van der Waals surface area contributed by atoms with Gasteiger partial charge in [-0.15, -0.1) is 0 Å². The molecule has 2 N–H and O–H groups in total. The van der Waals surface area contributed by atoms with Gasteiger partial charge in [0.15, 0.2) is 0 Å². The molecule has 0 aliphatic heterocycles. The van der Waals surface area contributed by atoms with Crippen molar-refractivity contribution in [2.75, 3.05) is 26.4 Å². The highest BCUT2D eigenvalue weighted by Crippen LogP contribution is 2.10. The zero-order chi connectivity index (χ0) is 10.2. The van der Waals surface area contributed by atoms with E-state index in [4.69, 9.17) is 19.0 Å². The Labute approximate surface area is 81.0 Å². The molecule has 0 aromatic rings. The summed E-state index contributed by atoms with van der Waals surface area (Å²) in [5.41, 5.74) is 6.97. The second-order valence-corrected chi connectivity index (χ2v) is 4.79. The summed E-state index contributed by atoms with van der Waals surface area (Å²) in [6.45, 7) is 9.49. The molecule has 0 unspecified atom stereocenters. The first-order valence-corrected chi connectivity index (χ1v) is 6.30. The molecule has 0 atom stereocenters. The standard InChI is InChI=1S/C8H19NO3Si/c1-4-10-13(6-3,11-5-2)12-8-7-9/h6H,3-5,7-9H2,1-2H3. The lowest BCUT2D eigenvalue weighted by molar-refractivity contribution is 0.0824. The van der Waals surface area contributed by atoms with E-state index in [9.17, 15) is 0 Å². The average molecular weight is 205 g/mol. The third kappa shape index (κ3) is 4.54. The lowest BCUT2D eigenvalue weighted by Crippen LogP contribution is -2.45. The van der Waals surface area contributed by atoms with Gasteiger partial charge >= 0.3 is 8.80 Å². The lowest BCUT2D eigenvalue weighted by Gasteiger charge is -2.25. The molecule has 0 aliphatic rings. The van der Waals surface area contributed by atoms with Crippen molar-refractivity contribution in [2.24, 2.45) is 5.73 Å². The monoisotopic (exact) mass is 205 g/mol. The molecule has 0 radical (unpaired) electrons. The van der Waals surface area contributed by atoms with Gasteiger partial charge in [0.1, 0.15) is 0 Å². The second kappa shape index (κ2) is 7.22.